The molecule has 2 aromatic heterocycles. The normalized spacial score (nSPS) is 11.9. The fourth-order valence-corrected chi connectivity index (χ4v) is 8.79. The Labute approximate surface area is 306 Å². The van der Waals surface area contributed by atoms with Crippen LogP contribution in [0.1, 0.15) is 5.56 Å². The number of rotatable bonds is 4. The third-order valence-electron chi connectivity index (χ3n) is 11.1. The number of benzene rings is 9. The van der Waals surface area contributed by atoms with E-state index in [2.05, 4.69) is 171 Å². The molecule has 0 saturated carbocycles. The fraction of sp³-hybridized carbons (Fsp3) is 0.0196. The van der Waals surface area contributed by atoms with Crippen LogP contribution in [0.5, 0.6) is 0 Å². The van der Waals surface area contributed by atoms with Crippen molar-refractivity contribution in [2.24, 2.45) is 0 Å². The summed E-state index contributed by atoms with van der Waals surface area (Å²) >= 11 is 0. The minimum Gasteiger partial charge on any atom is -0.472 e. The van der Waals surface area contributed by atoms with Gasteiger partial charge in [-0.1, -0.05) is 140 Å². The molecular weight excluding hydrogens is 645 g/mol. The summed E-state index contributed by atoms with van der Waals surface area (Å²) in [4.78, 5) is 0. The minimum atomic E-state index is 0.881. The number of furan rings is 2. The Bertz CT molecular complexity index is 3120. The van der Waals surface area contributed by atoms with E-state index >= 15 is 0 Å². The maximum absolute atomic E-state index is 6.67. The van der Waals surface area contributed by atoms with Crippen LogP contribution in [0.3, 0.4) is 0 Å². The summed E-state index contributed by atoms with van der Waals surface area (Å²) in [7, 11) is 0. The van der Waals surface area contributed by atoms with Crippen molar-refractivity contribution in [2.75, 3.05) is 0 Å². The first-order chi connectivity index (χ1) is 26.2. The highest BCUT2D eigenvalue weighted by Crippen LogP contribution is 2.47. The lowest BCUT2D eigenvalue weighted by Gasteiger charge is -2.17. The monoisotopic (exact) mass is 676 g/mol. The lowest BCUT2D eigenvalue weighted by atomic mass is 9.85. The highest BCUT2D eigenvalue weighted by molar-refractivity contribution is 6.24. The van der Waals surface area contributed by atoms with Crippen molar-refractivity contribution in [3.8, 4) is 44.5 Å². The smallest absolute Gasteiger partial charge is 0.136 e. The van der Waals surface area contributed by atoms with Crippen LogP contribution in [0.4, 0.5) is 0 Å². The number of aryl methyl sites for hydroxylation is 1. The molecule has 0 fully saturated rings. The third-order valence-corrected chi connectivity index (χ3v) is 11.1. The summed E-state index contributed by atoms with van der Waals surface area (Å²) < 4.78 is 12.3. The maximum Gasteiger partial charge on any atom is 0.136 e. The average Bonchev–Trinajstić information content (AvgIpc) is 3.81. The molecule has 0 bridgehead atoms. The van der Waals surface area contributed by atoms with Gasteiger partial charge in [0.25, 0.3) is 0 Å². The van der Waals surface area contributed by atoms with Gasteiger partial charge in [0, 0.05) is 21.9 Å². The molecule has 0 aliphatic rings. The van der Waals surface area contributed by atoms with Crippen molar-refractivity contribution in [2.45, 2.75) is 6.92 Å². The van der Waals surface area contributed by atoms with Crippen LogP contribution in [-0.4, -0.2) is 0 Å². The molecule has 0 unspecified atom stereocenters. The molecule has 0 amide bonds. The van der Waals surface area contributed by atoms with Crippen molar-refractivity contribution in [1.82, 2.24) is 0 Å². The lowest BCUT2D eigenvalue weighted by molar-refractivity contribution is 0.566. The van der Waals surface area contributed by atoms with Crippen LogP contribution in [0.2, 0.25) is 0 Å². The molecule has 0 aliphatic heterocycles. The van der Waals surface area contributed by atoms with E-state index in [1.165, 1.54) is 76.5 Å². The zero-order valence-electron chi connectivity index (χ0n) is 29.1. The van der Waals surface area contributed by atoms with Crippen LogP contribution < -0.4 is 0 Å². The van der Waals surface area contributed by atoms with E-state index in [4.69, 9.17) is 8.83 Å². The SMILES string of the molecule is Cc1cocc1-c1c2ccccc2c(-c2ccc3c(c2)oc2ccc(-c4c5ccccc5c(-c5ccccc5)c5ccccc45)cc23)c2ccccc12. The van der Waals surface area contributed by atoms with Gasteiger partial charge in [-0.25, -0.2) is 0 Å². The van der Waals surface area contributed by atoms with Crippen LogP contribution in [0, 0.1) is 6.92 Å². The van der Waals surface area contributed by atoms with Crippen LogP contribution in [0.25, 0.3) is 110 Å². The second kappa shape index (κ2) is 11.6. The van der Waals surface area contributed by atoms with E-state index in [1.807, 2.05) is 12.5 Å². The number of hydrogen-bond acceptors (Lipinski definition) is 2. The highest BCUT2D eigenvalue weighted by atomic mass is 16.3. The number of fused-ring (bicyclic) bond motifs is 7. The van der Waals surface area contributed by atoms with Gasteiger partial charge in [0.1, 0.15) is 11.2 Å². The van der Waals surface area contributed by atoms with E-state index in [-0.39, 0.29) is 0 Å². The lowest BCUT2D eigenvalue weighted by Crippen LogP contribution is -1.91. The molecule has 0 saturated heterocycles. The van der Waals surface area contributed by atoms with Gasteiger partial charge < -0.3 is 8.83 Å². The molecule has 2 nitrogen and oxygen atoms in total. The molecule has 2 heterocycles. The quantitative estimate of drug-likeness (QED) is 0.173. The summed E-state index contributed by atoms with van der Waals surface area (Å²) in [6.07, 6.45) is 3.71. The molecule has 2 heteroatoms. The second-order valence-electron chi connectivity index (χ2n) is 14.0. The first-order valence-corrected chi connectivity index (χ1v) is 18.2. The molecule has 53 heavy (non-hydrogen) atoms. The second-order valence-corrected chi connectivity index (χ2v) is 14.0. The average molecular weight is 677 g/mol. The van der Waals surface area contributed by atoms with Crippen molar-refractivity contribution in [3.63, 3.8) is 0 Å². The molecular formula is C51H32O2. The number of hydrogen-bond donors (Lipinski definition) is 0. The van der Waals surface area contributed by atoms with Crippen molar-refractivity contribution in [3.05, 3.63) is 182 Å². The van der Waals surface area contributed by atoms with Crippen LogP contribution in [0.15, 0.2) is 185 Å². The van der Waals surface area contributed by atoms with Crippen molar-refractivity contribution >= 4 is 65.0 Å². The standard InChI is InChI=1S/C51H32O2/c1-31-29-52-30-45(31)51-42-21-11-9-19-40(42)50(41-20-10-12-22-43(41)51)34-23-25-35-44-27-33(24-26-46(44)53-47(35)28-34)49-38-17-7-5-15-36(38)48(32-13-3-2-4-14-32)37-16-6-8-18-39(37)49/h2-30H,1H3. The largest absolute Gasteiger partial charge is 0.472 e. The Balaban J connectivity index is 1.13. The van der Waals surface area contributed by atoms with Gasteiger partial charge in [-0.3, -0.25) is 0 Å². The summed E-state index contributed by atoms with van der Waals surface area (Å²) in [5.41, 5.74) is 12.5. The first kappa shape index (κ1) is 29.8. The van der Waals surface area contributed by atoms with E-state index in [1.54, 1.807) is 0 Å². The Morgan fingerprint density at radius 2 is 0.774 bits per heavy atom. The molecule has 9 aromatic carbocycles. The molecule has 0 N–H and O–H groups in total. The Hall–Kier alpha value is -6.90. The van der Waals surface area contributed by atoms with Crippen LogP contribution in [-0.2, 0) is 0 Å². The third kappa shape index (κ3) is 4.46. The molecule has 11 aromatic rings. The molecule has 248 valence electrons. The predicted molar refractivity (Wildman–Crippen MR) is 222 cm³/mol. The van der Waals surface area contributed by atoms with Gasteiger partial charge in [0.05, 0.1) is 12.5 Å². The van der Waals surface area contributed by atoms with Gasteiger partial charge in [-0.2, -0.15) is 0 Å². The molecule has 0 aliphatic carbocycles. The molecule has 0 atom stereocenters. The fourth-order valence-electron chi connectivity index (χ4n) is 8.79. The Morgan fingerprint density at radius 1 is 0.321 bits per heavy atom. The maximum atomic E-state index is 6.67. The van der Waals surface area contributed by atoms with Gasteiger partial charge in [-0.15, -0.1) is 0 Å². The van der Waals surface area contributed by atoms with E-state index < -0.39 is 0 Å². The van der Waals surface area contributed by atoms with Crippen molar-refractivity contribution < 1.29 is 8.83 Å². The zero-order chi connectivity index (χ0) is 35.0. The summed E-state index contributed by atoms with van der Waals surface area (Å²) in [5.74, 6) is 0. The topological polar surface area (TPSA) is 26.3 Å². The minimum absolute atomic E-state index is 0.881. The first-order valence-electron chi connectivity index (χ1n) is 18.2. The Kier molecular flexibility index (Phi) is 6.50. The predicted octanol–water partition coefficient (Wildman–Crippen LogP) is 14.8. The van der Waals surface area contributed by atoms with E-state index in [0.29, 0.717) is 0 Å². The van der Waals surface area contributed by atoms with Crippen molar-refractivity contribution in [1.29, 1.82) is 0 Å². The summed E-state index contributed by atoms with van der Waals surface area (Å²) in [6, 6.07) is 59.3. The van der Waals surface area contributed by atoms with Gasteiger partial charge in [-0.05, 0) is 113 Å². The highest BCUT2D eigenvalue weighted by Gasteiger charge is 2.21. The van der Waals surface area contributed by atoms with E-state index in [0.717, 1.165) is 38.6 Å². The Morgan fingerprint density at radius 3 is 1.28 bits per heavy atom. The zero-order valence-corrected chi connectivity index (χ0v) is 29.1. The van der Waals surface area contributed by atoms with Gasteiger partial charge in [0.2, 0.25) is 0 Å². The molecule has 0 radical (unpaired) electrons. The summed E-state index contributed by atoms with van der Waals surface area (Å²) in [5, 5.41) is 12.0. The van der Waals surface area contributed by atoms with E-state index in [9.17, 15) is 0 Å². The molecule has 11 rings (SSSR count). The van der Waals surface area contributed by atoms with Gasteiger partial charge >= 0.3 is 0 Å². The molecule has 0 spiro atoms. The van der Waals surface area contributed by atoms with Gasteiger partial charge in [0.15, 0.2) is 0 Å². The van der Waals surface area contributed by atoms with Crippen LogP contribution >= 0.6 is 0 Å². The summed E-state index contributed by atoms with van der Waals surface area (Å²) in [6.45, 7) is 2.11.